The summed E-state index contributed by atoms with van der Waals surface area (Å²) in [5.74, 6) is 0.636. The first-order chi connectivity index (χ1) is 8.36. The zero-order chi connectivity index (χ0) is 11.7. The summed E-state index contributed by atoms with van der Waals surface area (Å²) in [5, 5.41) is 4.39. The Hall–Kier alpha value is -1.61. The zero-order valence-corrected chi connectivity index (χ0v) is 9.84. The van der Waals surface area contributed by atoms with Gasteiger partial charge in [-0.2, -0.15) is 5.10 Å². The standard InChI is InChI=1S/C14H17N3/c15-6-5-11-8-16-17(9-11)10-13-7-12-3-1-2-4-14(12)13/h1-4,8-9,13H,5-7,10,15H2. The molecule has 0 fully saturated rings. The molecule has 0 spiro atoms. The second-order valence-corrected chi connectivity index (χ2v) is 4.71. The number of rotatable bonds is 4. The molecule has 0 saturated heterocycles. The summed E-state index contributed by atoms with van der Waals surface area (Å²) < 4.78 is 2.05. The molecule has 0 saturated carbocycles. The molecule has 3 nitrogen and oxygen atoms in total. The van der Waals surface area contributed by atoms with Crippen molar-refractivity contribution in [2.24, 2.45) is 5.73 Å². The van der Waals surface area contributed by atoms with Gasteiger partial charge in [-0.1, -0.05) is 24.3 Å². The van der Waals surface area contributed by atoms with Gasteiger partial charge in [-0.3, -0.25) is 4.68 Å². The molecule has 0 amide bonds. The van der Waals surface area contributed by atoms with E-state index in [1.54, 1.807) is 0 Å². The number of hydrogen-bond acceptors (Lipinski definition) is 2. The molecule has 1 aliphatic carbocycles. The van der Waals surface area contributed by atoms with E-state index in [4.69, 9.17) is 5.73 Å². The smallest absolute Gasteiger partial charge is 0.0522 e. The van der Waals surface area contributed by atoms with Crippen molar-refractivity contribution in [3.8, 4) is 0 Å². The van der Waals surface area contributed by atoms with Crippen molar-refractivity contribution in [1.29, 1.82) is 0 Å². The van der Waals surface area contributed by atoms with Crippen LogP contribution in [0.15, 0.2) is 36.7 Å². The summed E-state index contributed by atoms with van der Waals surface area (Å²) in [7, 11) is 0. The van der Waals surface area contributed by atoms with E-state index in [1.807, 2.05) is 10.9 Å². The molecular weight excluding hydrogens is 210 g/mol. The van der Waals surface area contributed by atoms with Crippen LogP contribution in [0, 0.1) is 0 Å². The first kappa shape index (κ1) is 10.5. The molecular formula is C14H17N3. The third-order valence-corrected chi connectivity index (χ3v) is 3.49. The highest BCUT2D eigenvalue weighted by Crippen LogP contribution is 2.35. The lowest BCUT2D eigenvalue weighted by molar-refractivity contribution is 0.475. The molecule has 1 aliphatic rings. The first-order valence-corrected chi connectivity index (χ1v) is 6.16. The van der Waals surface area contributed by atoms with E-state index in [0.29, 0.717) is 12.5 Å². The van der Waals surface area contributed by atoms with Crippen molar-refractivity contribution in [1.82, 2.24) is 9.78 Å². The van der Waals surface area contributed by atoms with Gasteiger partial charge in [-0.05, 0) is 36.1 Å². The van der Waals surface area contributed by atoms with Crippen LogP contribution < -0.4 is 5.73 Å². The number of fused-ring (bicyclic) bond motifs is 1. The van der Waals surface area contributed by atoms with Crippen molar-refractivity contribution in [3.63, 3.8) is 0 Å². The van der Waals surface area contributed by atoms with Gasteiger partial charge in [0, 0.05) is 18.7 Å². The molecule has 0 bridgehead atoms. The lowest BCUT2D eigenvalue weighted by Gasteiger charge is -2.29. The van der Waals surface area contributed by atoms with Gasteiger partial charge >= 0.3 is 0 Å². The minimum Gasteiger partial charge on any atom is -0.330 e. The highest BCUT2D eigenvalue weighted by atomic mass is 15.3. The van der Waals surface area contributed by atoms with E-state index in [9.17, 15) is 0 Å². The Bertz CT molecular complexity index is 516. The summed E-state index contributed by atoms with van der Waals surface area (Å²) in [5.41, 5.74) is 9.75. The molecule has 17 heavy (non-hydrogen) atoms. The van der Waals surface area contributed by atoms with Gasteiger partial charge in [0.2, 0.25) is 0 Å². The first-order valence-electron chi connectivity index (χ1n) is 6.16. The van der Waals surface area contributed by atoms with Crippen LogP contribution in [0.3, 0.4) is 0 Å². The maximum atomic E-state index is 5.53. The van der Waals surface area contributed by atoms with Crippen LogP contribution in [0.4, 0.5) is 0 Å². The fraction of sp³-hybridized carbons (Fsp3) is 0.357. The van der Waals surface area contributed by atoms with Crippen LogP contribution in [-0.4, -0.2) is 16.3 Å². The third-order valence-electron chi connectivity index (χ3n) is 3.49. The second-order valence-electron chi connectivity index (χ2n) is 4.71. The van der Waals surface area contributed by atoms with Gasteiger partial charge in [-0.25, -0.2) is 0 Å². The lowest BCUT2D eigenvalue weighted by Crippen LogP contribution is -2.22. The number of aromatic nitrogens is 2. The molecule has 2 N–H and O–H groups in total. The van der Waals surface area contributed by atoms with Gasteiger partial charge in [0.25, 0.3) is 0 Å². The zero-order valence-electron chi connectivity index (χ0n) is 9.84. The molecule has 2 aromatic rings. The summed E-state index contributed by atoms with van der Waals surface area (Å²) in [6, 6.07) is 8.68. The Balaban J connectivity index is 1.69. The van der Waals surface area contributed by atoms with E-state index in [1.165, 1.54) is 23.1 Å². The normalized spacial score (nSPS) is 17.6. The second kappa shape index (κ2) is 4.34. The van der Waals surface area contributed by atoms with Crippen LogP contribution in [0.25, 0.3) is 0 Å². The molecule has 1 aromatic carbocycles. The summed E-state index contributed by atoms with van der Waals surface area (Å²) in [6.07, 6.45) is 6.15. The third kappa shape index (κ3) is 1.98. The minimum absolute atomic E-state index is 0.636. The topological polar surface area (TPSA) is 43.8 Å². The van der Waals surface area contributed by atoms with Crippen molar-refractivity contribution < 1.29 is 0 Å². The van der Waals surface area contributed by atoms with Gasteiger partial charge in [0.05, 0.1) is 6.20 Å². The van der Waals surface area contributed by atoms with Crippen molar-refractivity contribution in [2.45, 2.75) is 25.3 Å². The predicted molar refractivity (Wildman–Crippen MR) is 67.9 cm³/mol. The molecule has 0 aliphatic heterocycles. The number of benzene rings is 1. The summed E-state index contributed by atoms with van der Waals surface area (Å²) in [4.78, 5) is 0. The van der Waals surface area contributed by atoms with Crippen molar-refractivity contribution in [3.05, 3.63) is 53.3 Å². The maximum absolute atomic E-state index is 5.53. The Kier molecular flexibility index (Phi) is 2.69. The quantitative estimate of drug-likeness (QED) is 0.864. The minimum atomic E-state index is 0.636. The average Bonchev–Trinajstić information content (AvgIpc) is 2.74. The monoisotopic (exact) mass is 227 g/mol. The molecule has 1 atom stereocenters. The van der Waals surface area contributed by atoms with Crippen LogP contribution >= 0.6 is 0 Å². The van der Waals surface area contributed by atoms with E-state index in [2.05, 4.69) is 35.6 Å². The molecule has 88 valence electrons. The molecule has 1 heterocycles. The Morgan fingerprint density at radius 3 is 3.06 bits per heavy atom. The van der Waals surface area contributed by atoms with E-state index in [-0.39, 0.29) is 0 Å². The van der Waals surface area contributed by atoms with E-state index < -0.39 is 0 Å². The van der Waals surface area contributed by atoms with Gasteiger partial charge in [-0.15, -0.1) is 0 Å². The predicted octanol–water partition coefficient (Wildman–Crippen LogP) is 1.72. The fourth-order valence-corrected chi connectivity index (χ4v) is 2.55. The molecule has 0 radical (unpaired) electrons. The Morgan fingerprint density at radius 2 is 2.24 bits per heavy atom. The van der Waals surface area contributed by atoms with Crippen LogP contribution in [-0.2, 0) is 19.4 Å². The van der Waals surface area contributed by atoms with Crippen LogP contribution in [0.2, 0.25) is 0 Å². The van der Waals surface area contributed by atoms with Gasteiger partial charge in [0.1, 0.15) is 0 Å². The van der Waals surface area contributed by atoms with E-state index in [0.717, 1.165) is 13.0 Å². The maximum Gasteiger partial charge on any atom is 0.0522 e. The van der Waals surface area contributed by atoms with Gasteiger partial charge < -0.3 is 5.73 Å². The molecule has 3 rings (SSSR count). The molecule has 1 aromatic heterocycles. The largest absolute Gasteiger partial charge is 0.330 e. The van der Waals surface area contributed by atoms with Crippen molar-refractivity contribution >= 4 is 0 Å². The molecule has 3 heteroatoms. The number of hydrogen-bond donors (Lipinski definition) is 1. The summed E-state index contributed by atoms with van der Waals surface area (Å²) >= 11 is 0. The van der Waals surface area contributed by atoms with E-state index >= 15 is 0 Å². The average molecular weight is 227 g/mol. The highest BCUT2D eigenvalue weighted by molar-refractivity contribution is 5.39. The molecule has 1 unspecified atom stereocenters. The fourth-order valence-electron chi connectivity index (χ4n) is 2.55. The summed E-state index contributed by atoms with van der Waals surface area (Å²) in [6.45, 7) is 1.68. The Labute approximate surface area is 101 Å². The highest BCUT2D eigenvalue weighted by Gasteiger charge is 2.25. The lowest BCUT2D eigenvalue weighted by atomic mass is 9.78. The van der Waals surface area contributed by atoms with Crippen LogP contribution in [0.1, 0.15) is 22.6 Å². The van der Waals surface area contributed by atoms with Crippen LogP contribution in [0.5, 0.6) is 0 Å². The van der Waals surface area contributed by atoms with Gasteiger partial charge in [0.15, 0.2) is 0 Å². The number of nitrogens with two attached hydrogens (primary N) is 1. The Morgan fingerprint density at radius 1 is 1.35 bits per heavy atom. The number of nitrogens with zero attached hydrogens (tertiary/aromatic N) is 2. The SMILES string of the molecule is NCCc1cnn(CC2Cc3ccccc32)c1. The van der Waals surface area contributed by atoms with Crippen molar-refractivity contribution in [2.75, 3.05) is 6.54 Å².